The average molecular weight is 306 g/mol. The number of pyridine rings is 1. The van der Waals surface area contributed by atoms with Crippen LogP contribution in [0.25, 0.3) is 11.0 Å². The van der Waals surface area contributed by atoms with Gasteiger partial charge in [-0.3, -0.25) is 9.78 Å². The van der Waals surface area contributed by atoms with Gasteiger partial charge in [0.1, 0.15) is 5.82 Å². The lowest BCUT2D eigenvalue weighted by Gasteiger charge is -2.32. The second kappa shape index (κ2) is 5.83. The highest BCUT2D eigenvalue weighted by Gasteiger charge is 2.22. The minimum atomic E-state index is -0.0228. The van der Waals surface area contributed by atoms with Crippen molar-refractivity contribution in [3.8, 4) is 0 Å². The number of hydrogen-bond donors (Lipinski definition) is 1. The van der Waals surface area contributed by atoms with Crippen LogP contribution < -0.4 is 10.5 Å². The molecule has 1 aromatic carbocycles. The van der Waals surface area contributed by atoms with E-state index in [0.717, 1.165) is 48.3 Å². The van der Waals surface area contributed by atoms with Gasteiger partial charge in [-0.15, -0.1) is 0 Å². The molecule has 1 saturated heterocycles. The van der Waals surface area contributed by atoms with Gasteiger partial charge in [-0.2, -0.15) is 0 Å². The van der Waals surface area contributed by atoms with Crippen molar-refractivity contribution in [2.24, 2.45) is 0 Å². The largest absolute Gasteiger partial charge is 0.355 e. The number of aromatic nitrogens is 3. The first-order chi connectivity index (χ1) is 11.3. The number of nitrogens with one attached hydrogen (secondary N) is 1. The van der Waals surface area contributed by atoms with Crippen LogP contribution >= 0.6 is 0 Å². The van der Waals surface area contributed by atoms with Crippen molar-refractivity contribution >= 4 is 16.9 Å². The van der Waals surface area contributed by atoms with E-state index < -0.39 is 0 Å². The number of benzene rings is 1. The van der Waals surface area contributed by atoms with Crippen LogP contribution in [0.15, 0.2) is 53.6 Å². The maximum Gasteiger partial charge on any atom is 0.248 e. The third-order valence-corrected chi connectivity index (χ3v) is 4.53. The molecule has 0 unspecified atom stereocenters. The average Bonchev–Trinajstić information content (AvgIpc) is 2.61. The first-order valence-electron chi connectivity index (χ1n) is 7.95. The molecule has 0 bridgehead atoms. The number of rotatable bonds is 2. The number of para-hydroxylation sites is 2. The Balaban J connectivity index is 1.51. The predicted octanol–water partition coefficient (Wildman–Crippen LogP) is 2.70. The number of H-pyrrole nitrogens is 1. The van der Waals surface area contributed by atoms with Gasteiger partial charge in [0.2, 0.25) is 5.56 Å². The van der Waals surface area contributed by atoms with Crippen molar-refractivity contribution in [1.29, 1.82) is 0 Å². The molecule has 4 rings (SSSR count). The fraction of sp³-hybridized carbons (Fsp3) is 0.278. The zero-order valence-corrected chi connectivity index (χ0v) is 12.8. The summed E-state index contributed by atoms with van der Waals surface area (Å²) in [5, 5.41) is 0. The molecule has 5 heteroatoms. The fourth-order valence-electron chi connectivity index (χ4n) is 3.26. The van der Waals surface area contributed by atoms with Crippen LogP contribution in [-0.2, 0) is 0 Å². The summed E-state index contributed by atoms with van der Waals surface area (Å²) < 4.78 is 0. The van der Waals surface area contributed by atoms with Gasteiger partial charge >= 0.3 is 0 Å². The monoisotopic (exact) mass is 306 g/mol. The van der Waals surface area contributed by atoms with E-state index in [9.17, 15) is 4.79 Å². The molecule has 1 aliphatic heterocycles. The van der Waals surface area contributed by atoms with Crippen LogP contribution in [0.1, 0.15) is 24.3 Å². The lowest BCUT2D eigenvalue weighted by molar-refractivity contribution is 0.502. The van der Waals surface area contributed by atoms with E-state index in [1.807, 2.05) is 36.5 Å². The molecular weight excluding hydrogens is 288 g/mol. The number of anilines is 1. The minimum Gasteiger partial charge on any atom is -0.355 e. The molecule has 0 saturated carbocycles. The molecule has 1 fully saturated rings. The SMILES string of the molecule is O=c1cc(C2CCN(c3cnc4ccccc4n3)CC2)cc[nH]1. The Morgan fingerprint density at radius 1 is 1.09 bits per heavy atom. The maximum atomic E-state index is 11.5. The van der Waals surface area contributed by atoms with E-state index in [2.05, 4.69) is 14.9 Å². The van der Waals surface area contributed by atoms with Gasteiger partial charge in [-0.1, -0.05) is 12.1 Å². The fourth-order valence-corrected chi connectivity index (χ4v) is 3.26. The molecule has 23 heavy (non-hydrogen) atoms. The highest BCUT2D eigenvalue weighted by atomic mass is 16.1. The van der Waals surface area contributed by atoms with Gasteiger partial charge in [-0.05, 0) is 42.5 Å². The Hall–Kier alpha value is -2.69. The van der Waals surface area contributed by atoms with Gasteiger partial charge in [0.15, 0.2) is 0 Å². The van der Waals surface area contributed by atoms with E-state index in [0.29, 0.717) is 5.92 Å². The molecule has 3 heterocycles. The first-order valence-corrected chi connectivity index (χ1v) is 7.95. The van der Waals surface area contributed by atoms with Gasteiger partial charge < -0.3 is 9.88 Å². The summed E-state index contributed by atoms with van der Waals surface area (Å²) in [6, 6.07) is 11.7. The zero-order chi connectivity index (χ0) is 15.6. The van der Waals surface area contributed by atoms with E-state index >= 15 is 0 Å². The van der Waals surface area contributed by atoms with E-state index in [1.165, 1.54) is 0 Å². The van der Waals surface area contributed by atoms with Crippen LogP contribution in [0.3, 0.4) is 0 Å². The Labute approximate surface area is 134 Å². The number of fused-ring (bicyclic) bond motifs is 1. The topological polar surface area (TPSA) is 61.9 Å². The van der Waals surface area contributed by atoms with Crippen LogP contribution in [0.4, 0.5) is 5.82 Å². The lowest BCUT2D eigenvalue weighted by Crippen LogP contribution is -2.33. The standard InChI is InChI=1S/C18H18N4O/c23-18-11-14(5-8-19-18)13-6-9-22(10-7-13)17-12-20-15-3-1-2-4-16(15)21-17/h1-5,8,11-13H,6-7,9-10H2,(H,19,23). The summed E-state index contributed by atoms with van der Waals surface area (Å²) in [6.07, 6.45) is 5.64. The molecule has 2 aromatic heterocycles. The van der Waals surface area contributed by atoms with Crippen molar-refractivity contribution in [3.05, 3.63) is 64.7 Å². The first kappa shape index (κ1) is 13.9. The summed E-state index contributed by atoms with van der Waals surface area (Å²) in [6.45, 7) is 1.87. The van der Waals surface area contributed by atoms with E-state index in [1.54, 1.807) is 12.3 Å². The van der Waals surface area contributed by atoms with Crippen LogP contribution in [0.5, 0.6) is 0 Å². The highest BCUT2D eigenvalue weighted by Crippen LogP contribution is 2.29. The Bertz CT molecular complexity index is 881. The molecule has 116 valence electrons. The third-order valence-electron chi connectivity index (χ3n) is 4.53. The van der Waals surface area contributed by atoms with Crippen LogP contribution in [0.2, 0.25) is 0 Å². The van der Waals surface area contributed by atoms with Crippen molar-refractivity contribution in [1.82, 2.24) is 15.0 Å². The zero-order valence-electron chi connectivity index (χ0n) is 12.8. The number of nitrogens with zero attached hydrogens (tertiary/aromatic N) is 3. The van der Waals surface area contributed by atoms with Gasteiger partial charge in [0, 0.05) is 25.4 Å². The highest BCUT2D eigenvalue weighted by molar-refractivity contribution is 5.75. The third kappa shape index (κ3) is 2.82. The molecule has 0 amide bonds. The smallest absolute Gasteiger partial charge is 0.248 e. The molecule has 0 spiro atoms. The minimum absolute atomic E-state index is 0.0228. The van der Waals surface area contributed by atoms with E-state index in [-0.39, 0.29) is 5.56 Å². The summed E-state index contributed by atoms with van der Waals surface area (Å²) >= 11 is 0. The maximum absolute atomic E-state index is 11.5. The van der Waals surface area contributed by atoms with Crippen LogP contribution in [-0.4, -0.2) is 28.0 Å². The van der Waals surface area contributed by atoms with Gasteiger partial charge in [0.25, 0.3) is 0 Å². The van der Waals surface area contributed by atoms with Gasteiger partial charge in [0.05, 0.1) is 17.2 Å². The lowest BCUT2D eigenvalue weighted by atomic mass is 9.90. The molecule has 0 atom stereocenters. The predicted molar refractivity (Wildman–Crippen MR) is 90.8 cm³/mol. The van der Waals surface area contributed by atoms with Crippen LogP contribution in [0, 0.1) is 0 Å². The quantitative estimate of drug-likeness (QED) is 0.791. The Morgan fingerprint density at radius 2 is 1.87 bits per heavy atom. The van der Waals surface area contributed by atoms with Crippen molar-refractivity contribution < 1.29 is 0 Å². The van der Waals surface area contributed by atoms with Crippen molar-refractivity contribution in [3.63, 3.8) is 0 Å². The number of aromatic amines is 1. The molecule has 1 aliphatic rings. The molecular formula is C18H18N4O. The number of piperidine rings is 1. The molecule has 0 aliphatic carbocycles. The van der Waals surface area contributed by atoms with Crippen molar-refractivity contribution in [2.75, 3.05) is 18.0 Å². The van der Waals surface area contributed by atoms with Gasteiger partial charge in [-0.25, -0.2) is 4.98 Å². The second-order valence-electron chi connectivity index (χ2n) is 5.96. The number of hydrogen-bond acceptors (Lipinski definition) is 4. The molecule has 1 N–H and O–H groups in total. The normalized spacial score (nSPS) is 15.9. The van der Waals surface area contributed by atoms with Crippen molar-refractivity contribution in [2.45, 2.75) is 18.8 Å². The molecule has 5 nitrogen and oxygen atoms in total. The molecule has 0 radical (unpaired) electrons. The summed E-state index contributed by atoms with van der Waals surface area (Å²) in [7, 11) is 0. The summed E-state index contributed by atoms with van der Waals surface area (Å²) in [5.74, 6) is 1.38. The summed E-state index contributed by atoms with van der Waals surface area (Å²) in [5.41, 5.74) is 2.97. The summed E-state index contributed by atoms with van der Waals surface area (Å²) in [4.78, 5) is 25.6. The Morgan fingerprint density at radius 3 is 2.65 bits per heavy atom. The molecule has 3 aromatic rings. The Kier molecular flexibility index (Phi) is 3.54. The van der Waals surface area contributed by atoms with E-state index in [4.69, 9.17) is 4.98 Å². The second-order valence-corrected chi connectivity index (χ2v) is 5.96.